The third-order valence-electron chi connectivity index (χ3n) is 5.49. The van der Waals surface area contributed by atoms with Crippen LogP contribution in [0.4, 0.5) is 16.2 Å². The lowest BCUT2D eigenvalue weighted by Gasteiger charge is -2.35. The molecule has 1 aromatic heterocycles. The van der Waals surface area contributed by atoms with Gasteiger partial charge in [-0.3, -0.25) is 10.00 Å². The Kier molecular flexibility index (Phi) is 7.55. The third kappa shape index (κ3) is 5.29. The van der Waals surface area contributed by atoms with E-state index in [4.69, 9.17) is 4.74 Å². The minimum absolute atomic E-state index is 0.214. The number of anilines is 2. The van der Waals surface area contributed by atoms with Gasteiger partial charge in [-0.15, -0.1) is 0 Å². The molecule has 1 aliphatic rings. The van der Waals surface area contributed by atoms with Crippen LogP contribution in [0.25, 0.3) is 0 Å². The summed E-state index contributed by atoms with van der Waals surface area (Å²) in [6.07, 6.45) is 4.46. The number of nitrogens with one attached hydrogen (secondary N) is 2. The molecule has 3 rings (SSSR count). The number of aryl methyl sites for hydroxylation is 2. The highest BCUT2D eigenvalue weighted by Crippen LogP contribution is 2.25. The minimum atomic E-state index is -4.63. The normalized spacial score (nSPS) is 16.2. The average molecular weight is 466 g/mol. The largest absolute Gasteiger partial charge is 0.608 e. The van der Waals surface area contributed by atoms with Gasteiger partial charge in [-0.1, -0.05) is 26.8 Å². The standard InChI is InChI=1S/C21H31N5O5S/c1-5-16-10-17(15(2)3)12-18(11-16)23-21(27)26(28)32(29,30)25(19-6-8-31-9-7-19)20-13-22-24(4)14-20/h10-15,19,26H,5-9H2,1-4H3,(H,23,27). The summed E-state index contributed by atoms with van der Waals surface area (Å²) in [6, 6.07) is 3.87. The number of hydroxylamine groups is 1. The van der Waals surface area contributed by atoms with Gasteiger partial charge in [0.25, 0.3) is 0 Å². The van der Waals surface area contributed by atoms with Crippen LogP contribution in [0.5, 0.6) is 0 Å². The molecule has 2 heterocycles. The first-order chi connectivity index (χ1) is 15.1. The van der Waals surface area contributed by atoms with Gasteiger partial charge in [0.05, 0.1) is 17.9 Å². The second kappa shape index (κ2) is 9.99. The lowest BCUT2D eigenvalue weighted by Crippen LogP contribution is -3.14. The topological polar surface area (TPSA) is 121 Å². The van der Waals surface area contributed by atoms with Crippen LogP contribution >= 0.6 is 0 Å². The zero-order chi connectivity index (χ0) is 23.5. The first-order valence-corrected chi connectivity index (χ1v) is 12.2. The highest BCUT2D eigenvalue weighted by Gasteiger charge is 2.40. The van der Waals surface area contributed by atoms with E-state index in [-0.39, 0.29) is 11.6 Å². The Hall–Kier alpha value is -2.47. The highest BCUT2D eigenvalue weighted by molar-refractivity contribution is 7.86. The quantitative estimate of drug-likeness (QED) is 0.603. The summed E-state index contributed by atoms with van der Waals surface area (Å²) < 4.78 is 32.9. The monoisotopic (exact) mass is 465 g/mol. The Balaban J connectivity index is 1.88. The molecule has 0 bridgehead atoms. The van der Waals surface area contributed by atoms with E-state index in [1.165, 1.54) is 17.1 Å². The number of nitrogens with zero attached hydrogens (tertiary/aromatic N) is 3. The van der Waals surface area contributed by atoms with E-state index in [1.807, 2.05) is 26.8 Å². The summed E-state index contributed by atoms with van der Waals surface area (Å²) in [5.41, 5.74) is 2.63. The fraction of sp³-hybridized carbons (Fsp3) is 0.524. The van der Waals surface area contributed by atoms with Crippen LogP contribution in [0.15, 0.2) is 30.6 Å². The van der Waals surface area contributed by atoms with Gasteiger partial charge in [-0.2, -0.15) is 18.0 Å². The molecule has 1 unspecified atom stereocenters. The summed E-state index contributed by atoms with van der Waals surface area (Å²) >= 11 is 0. The molecule has 2 amide bonds. The number of amides is 2. The molecule has 0 saturated carbocycles. The summed E-state index contributed by atoms with van der Waals surface area (Å²) in [7, 11) is -2.98. The Morgan fingerprint density at radius 1 is 1.34 bits per heavy atom. The Morgan fingerprint density at radius 3 is 2.59 bits per heavy atom. The van der Waals surface area contributed by atoms with Gasteiger partial charge in [0.15, 0.2) is 0 Å². The van der Waals surface area contributed by atoms with Crippen molar-refractivity contribution in [3.05, 3.63) is 46.9 Å². The number of hydrogen-bond donors (Lipinski definition) is 2. The van der Waals surface area contributed by atoms with E-state index < -0.39 is 26.8 Å². The number of hydrogen-bond acceptors (Lipinski definition) is 6. The van der Waals surface area contributed by atoms with Gasteiger partial charge in [-0.05, 0) is 48.4 Å². The van der Waals surface area contributed by atoms with Gasteiger partial charge >= 0.3 is 16.2 Å². The van der Waals surface area contributed by atoms with Crippen LogP contribution in [0.2, 0.25) is 0 Å². The maximum Gasteiger partial charge on any atom is 0.436 e. The summed E-state index contributed by atoms with van der Waals surface area (Å²) in [4.78, 5) is 12.8. The molecule has 32 heavy (non-hydrogen) atoms. The number of benzene rings is 1. The van der Waals surface area contributed by atoms with E-state index in [1.54, 1.807) is 19.2 Å². The highest BCUT2D eigenvalue weighted by atomic mass is 32.2. The second-order valence-corrected chi connectivity index (χ2v) is 9.94. The van der Waals surface area contributed by atoms with E-state index in [2.05, 4.69) is 10.4 Å². The molecule has 1 fully saturated rings. The van der Waals surface area contributed by atoms with Gasteiger partial charge in [0.2, 0.25) is 0 Å². The molecule has 1 saturated heterocycles. The zero-order valence-electron chi connectivity index (χ0n) is 18.9. The van der Waals surface area contributed by atoms with Crippen molar-refractivity contribution in [2.24, 2.45) is 7.05 Å². The van der Waals surface area contributed by atoms with Gasteiger partial charge in [0.1, 0.15) is 0 Å². The second-order valence-electron chi connectivity index (χ2n) is 8.23. The van der Waals surface area contributed by atoms with E-state index in [0.29, 0.717) is 31.7 Å². The summed E-state index contributed by atoms with van der Waals surface area (Å²) in [6.45, 7) is 6.78. The molecule has 0 aliphatic carbocycles. The number of carbonyl (C=O) groups is 1. The molecule has 10 nitrogen and oxygen atoms in total. The molecule has 11 heteroatoms. The minimum Gasteiger partial charge on any atom is -0.608 e. The van der Waals surface area contributed by atoms with Crippen LogP contribution in [-0.2, 0) is 28.4 Å². The van der Waals surface area contributed by atoms with E-state index in [0.717, 1.165) is 21.9 Å². The van der Waals surface area contributed by atoms with Gasteiger partial charge < -0.3 is 9.94 Å². The molecular weight excluding hydrogens is 434 g/mol. The van der Waals surface area contributed by atoms with Crippen molar-refractivity contribution in [2.45, 2.75) is 52.0 Å². The molecule has 2 aromatic rings. The maximum atomic E-state index is 13.3. The van der Waals surface area contributed by atoms with Crippen LogP contribution in [0, 0.1) is 5.21 Å². The maximum absolute atomic E-state index is 13.3. The smallest absolute Gasteiger partial charge is 0.436 e. The predicted molar refractivity (Wildman–Crippen MR) is 122 cm³/mol. The Morgan fingerprint density at radius 2 is 2.03 bits per heavy atom. The number of urea groups is 1. The molecule has 1 atom stereocenters. The molecule has 176 valence electrons. The number of quaternary nitrogens is 1. The SMILES string of the molecule is CCc1cc(NC(=O)[NH+]([O-])S(=O)(=O)N(c2cnn(C)c2)C2CCOCC2)cc(C(C)C)c1. The predicted octanol–water partition coefficient (Wildman–Crippen LogP) is 1.95. The Bertz CT molecular complexity index is 1050. The van der Waals surface area contributed by atoms with Crippen LogP contribution < -0.4 is 14.1 Å². The fourth-order valence-corrected chi connectivity index (χ4v) is 5.14. The first kappa shape index (κ1) is 24.2. The number of rotatable bonds is 7. The molecule has 1 aromatic carbocycles. The van der Waals surface area contributed by atoms with Crippen molar-refractivity contribution in [1.29, 1.82) is 0 Å². The molecule has 0 spiro atoms. The summed E-state index contributed by atoms with van der Waals surface area (Å²) in [5, 5.41) is 19.4. The summed E-state index contributed by atoms with van der Waals surface area (Å²) in [5.74, 6) is 0.214. The molecular formula is C21H31N5O5S. The lowest BCUT2D eigenvalue weighted by molar-refractivity contribution is -0.604. The van der Waals surface area contributed by atoms with Crippen molar-refractivity contribution in [1.82, 2.24) is 9.78 Å². The van der Waals surface area contributed by atoms with Gasteiger partial charge in [0, 0.05) is 32.1 Å². The van der Waals surface area contributed by atoms with Crippen LogP contribution in [0.3, 0.4) is 0 Å². The van der Waals surface area contributed by atoms with Crippen molar-refractivity contribution >= 4 is 27.6 Å². The van der Waals surface area contributed by atoms with Crippen LogP contribution in [0.1, 0.15) is 50.7 Å². The lowest BCUT2D eigenvalue weighted by atomic mass is 9.99. The van der Waals surface area contributed by atoms with Gasteiger partial charge in [-0.25, -0.2) is 9.10 Å². The molecule has 0 radical (unpaired) electrons. The Labute approximate surface area is 188 Å². The van der Waals surface area contributed by atoms with E-state index >= 15 is 0 Å². The van der Waals surface area contributed by atoms with Crippen molar-refractivity contribution in [3.63, 3.8) is 0 Å². The zero-order valence-corrected chi connectivity index (χ0v) is 19.7. The van der Waals surface area contributed by atoms with E-state index in [9.17, 15) is 18.4 Å². The van der Waals surface area contributed by atoms with Crippen molar-refractivity contribution in [2.75, 3.05) is 22.8 Å². The van der Waals surface area contributed by atoms with Crippen LogP contribution in [-0.4, -0.2) is 43.5 Å². The van der Waals surface area contributed by atoms with Crippen molar-refractivity contribution < 1.29 is 22.4 Å². The first-order valence-electron chi connectivity index (χ1n) is 10.7. The number of aromatic nitrogens is 2. The number of ether oxygens (including phenoxy) is 1. The third-order valence-corrected chi connectivity index (χ3v) is 7.18. The fourth-order valence-electron chi connectivity index (χ4n) is 3.70. The molecule has 1 aliphatic heterocycles. The van der Waals surface area contributed by atoms with Crippen molar-refractivity contribution in [3.8, 4) is 0 Å². The average Bonchev–Trinajstić information content (AvgIpc) is 3.18. The molecule has 2 N–H and O–H groups in total. The number of carbonyl (C=O) groups excluding carboxylic acids is 1.